The van der Waals surface area contributed by atoms with E-state index in [1.165, 1.54) is 0 Å². The van der Waals surface area contributed by atoms with E-state index in [9.17, 15) is 14.9 Å². The molecule has 2 atom stereocenters. The molecule has 1 heterocycles. The normalized spacial score (nSPS) is 29.5. The zero-order chi connectivity index (χ0) is 15.0. The van der Waals surface area contributed by atoms with Crippen molar-refractivity contribution < 1.29 is 14.5 Å². The first-order chi connectivity index (χ1) is 10.1. The molecule has 0 unspecified atom stereocenters. The predicted octanol–water partition coefficient (Wildman–Crippen LogP) is 3.08. The number of hydrogen-bond acceptors (Lipinski definition) is 4. The number of carbonyl (C=O) groups is 1. The number of nitrogens with zero attached hydrogens (tertiary/aromatic N) is 1. The Hall–Kier alpha value is -2.17. The Labute approximate surface area is 122 Å². The topological polar surface area (TPSA) is 69.4 Å². The highest BCUT2D eigenvalue weighted by Crippen LogP contribution is 2.56. The van der Waals surface area contributed by atoms with E-state index in [0.29, 0.717) is 24.4 Å². The smallest absolute Gasteiger partial charge is 0.212 e. The minimum absolute atomic E-state index is 0.0666. The molecule has 0 bridgehead atoms. The van der Waals surface area contributed by atoms with Crippen LogP contribution in [0.15, 0.2) is 36.1 Å². The summed E-state index contributed by atoms with van der Waals surface area (Å²) in [7, 11) is 0. The minimum Gasteiger partial charge on any atom is -0.461 e. The summed E-state index contributed by atoms with van der Waals surface area (Å²) in [4.78, 5) is 23.4. The third-order valence-corrected chi connectivity index (χ3v) is 4.62. The van der Waals surface area contributed by atoms with Crippen molar-refractivity contribution in [1.82, 2.24) is 0 Å². The third kappa shape index (κ3) is 1.95. The van der Waals surface area contributed by atoms with Crippen molar-refractivity contribution in [2.45, 2.75) is 32.1 Å². The van der Waals surface area contributed by atoms with Crippen molar-refractivity contribution in [3.05, 3.63) is 51.8 Å². The number of para-hydroxylation sites is 1. The van der Waals surface area contributed by atoms with Gasteiger partial charge in [-0.1, -0.05) is 18.2 Å². The lowest BCUT2D eigenvalue weighted by Gasteiger charge is -2.40. The second kappa shape index (κ2) is 4.98. The zero-order valence-electron chi connectivity index (χ0n) is 11.9. The number of hydrogen-bond donors (Lipinski definition) is 0. The van der Waals surface area contributed by atoms with Gasteiger partial charge in [0.1, 0.15) is 17.3 Å². The van der Waals surface area contributed by atoms with Gasteiger partial charge in [-0.3, -0.25) is 14.9 Å². The van der Waals surface area contributed by atoms with E-state index in [2.05, 4.69) is 0 Å². The van der Waals surface area contributed by atoms with Gasteiger partial charge >= 0.3 is 0 Å². The van der Waals surface area contributed by atoms with Gasteiger partial charge in [-0.05, 0) is 31.9 Å². The molecule has 5 heteroatoms. The summed E-state index contributed by atoms with van der Waals surface area (Å²) < 4.78 is 5.92. The van der Waals surface area contributed by atoms with Crippen LogP contribution in [-0.4, -0.2) is 17.3 Å². The van der Waals surface area contributed by atoms with Crippen LogP contribution in [0.3, 0.4) is 0 Å². The fourth-order valence-corrected chi connectivity index (χ4v) is 3.75. The molecule has 0 radical (unpaired) electrons. The number of benzene rings is 1. The average Bonchev–Trinajstić information content (AvgIpc) is 2.84. The third-order valence-electron chi connectivity index (χ3n) is 4.62. The first-order valence-corrected chi connectivity index (χ1v) is 7.18. The molecule has 1 aromatic rings. The molecule has 1 aliphatic heterocycles. The summed E-state index contributed by atoms with van der Waals surface area (Å²) in [5.74, 6) is 0.828. The van der Waals surface area contributed by atoms with Gasteiger partial charge < -0.3 is 4.74 Å². The molecular weight excluding hydrogens is 270 g/mol. The van der Waals surface area contributed by atoms with Gasteiger partial charge in [0.15, 0.2) is 0 Å². The Morgan fingerprint density at radius 1 is 1.48 bits per heavy atom. The molecule has 21 heavy (non-hydrogen) atoms. The van der Waals surface area contributed by atoms with Crippen LogP contribution < -0.4 is 4.74 Å². The van der Waals surface area contributed by atoms with Gasteiger partial charge in [-0.25, -0.2) is 0 Å². The number of ketones is 1. The lowest BCUT2D eigenvalue weighted by Crippen LogP contribution is -2.43. The molecule has 1 saturated carbocycles. The van der Waals surface area contributed by atoms with E-state index in [-0.39, 0.29) is 17.3 Å². The predicted molar refractivity (Wildman–Crippen MR) is 76.7 cm³/mol. The Kier molecular flexibility index (Phi) is 3.27. The van der Waals surface area contributed by atoms with Gasteiger partial charge in [0.25, 0.3) is 0 Å². The van der Waals surface area contributed by atoms with Crippen LogP contribution in [0.4, 0.5) is 0 Å². The van der Waals surface area contributed by atoms with Crippen molar-refractivity contribution in [2.24, 2.45) is 5.41 Å². The Bertz CT molecular complexity index is 637. The van der Waals surface area contributed by atoms with Crippen LogP contribution in [-0.2, 0) is 4.79 Å². The van der Waals surface area contributed by atoms with Crippen LogP contribution in [0, 0.1) is 15.5 Å². The largest absolute Gasteiger partial charge is 0.461 e. The first kappa shape index (κ1) is 13.8. The van der Waals surface area contributed by atoms with Gasteiger partial charge in [-0.15, -0.1) is 0 Å². The fraction of sp³-hybridized carbons (Fsp3) is 0.438. The van der Waals surface area contributed by atoms with E-state index < -0.39 is 11.3 Å². The Balaban J connectivity index is 2.20. The molecule has 1 aromatic carbocycles. The highest BCUT2D eigenvalue weighted by Gasteiger charge is 2.57. The highest BCUT2D eigenvalue weighted by molar-refractivity contribution is 5.91. The number of ether oxygens (including phenoxy) is 1. The van der Waals surface area contributed by atoms with Crippen LogP contribution in [0.5, 0.6) is 5.75 Å². The first-order valence-electron chi connectivity index (χ1n) is 7.18. The lowest BCUT2D eigenvalue weighted by molar-refractivity contribution is -0.486. The van der Waals surface area contributed by atoms with Crippen molar-refractivity contribution in [3.8, 4) is 5.75 Å². The van der Waals surface area contributed by atoms with Crippen molar-refractivity contribution in [3.63, 3.8) is 0 Å². The number of Topliss-reactive ketones (excluding diaryl/α,β-unsaturated/α-hetero) is 1. The highest BCUT2D eigenvalue weighted by atomic mass is 16.6. The molecule has 110 valence electrons. The molecule has 0 amide bonds. The van der Waals surface area contributed by atoms with E-state index in [0.717, 1.165) is 12.0 Å². The lowest BCUT2D eigenvalue weighted by atomic mass is 9.67. The van der Waals surface area contributed by atoms with Crippen LogP contribution in [0.1, 0.15) is 37.7 Å². The summed E-state index contributed by atoms with van der Waals surface area (Å²) >= 11 is 0. The van der Waals surface area contributed by atoms with Gasteiger partial charge in [0, 0.05) is 16.9 Å². The maximum atomic E-state index is 12.6. The molecule has 0 saturated heterocycles. The monoisotopic (exact) mass is 287 g/mol. The summed E-state index contributed by atoms with van der Waals surface area (Å²) in [6.45, 7) is 1.57. The molecule has 1 fully saturated rings. The number of carbonyl (C=O) groups excluding carboxylic acids is 1. The van der Waals surface area contributed by atoms with Crippen LogP contribution >= 0.6 is 0 Å². The summed E-state index contributed by atoms with van der Waals surface area (Å²) in [5, 5.41) is 11.2. The molecule has 1 spiro atoms. The van der Waals surface area contributed by atoms with Crippen molar-refractivity contribution in [2.75, 3.05) is 6.54 Å². The van der Waals surface area contributed by atoms with Crippen molar-refractivity contribution >= 4 is 5.78 Å². The van der Waals surface area contributed by atoms with E-state index in [4.69, 9.17) is 4.74 Å². The second-order valence-electron chi connectivity index (χ2n) is 5.61. The van der Waals surface area contributed by atoms with Gasteiger partial charge in [0.2, 0.25) is 6.54 Å². The fourth-order valence-electron chi connectivity index (χ4n) is 3.75. The number of fused-ring (bicyclic) bond motifs is 1. The zero-order valence-corrected chi connectivity index (χ0v) is 11.9. The molecular formula is C16H17NO4. The molecule has 5 nitrogen and oxygen atoms in total. The number of rotatable bonds is 2. The van der Waals surface area contributed by atoms with E-state index >= 15 is 0 Å². The molecule has 1 aliphatic carbocycles. The maximum absolute atomic E-state index is 12.6. The minimum atomic E-state index is -0.851. The van der Waals surface area contributed by atoms with Crippen LogP contribution in [0.25, 0.3) is 0 Å². The summed E-state index contributed by atoms with van der Waals surface area (Å²) in [6, 6.07) is 7.31. The van der Waals surface area contributed by atoms with E-state index in [1.54, 1.807) is 12.1 Å². The number of allylic oxidation sites excluding steroid dienone is 2. The molecule has 2 aliphatic rings. The molecule has 0 aromatic heterocycles. The quantitative estimate of drug-likeness (QED) is 0.619. The van der Waals surface area contributed by atoms with Gasteiger partial charge in [0.05, 0.1) is 11.3 Å². The second-order valence-corrected chi connectivity index (χ2v) is 5.61. The summed E-state index contributed by atoms with van der Waals surface area (Å²) in [6.07, 6.45) is 3.64. The SMILES string of the molecule is C/C=C1/Oc2ccccc2[C@@H](C[N+](=O)[O-])[C@]12CCCC2=O. The Morgan fingerprint density at radius 2 is 2.24 bits per heavy atom. The standard InChI is InChI=1S/C16H17NO4/c1-2-15-16(9-5-8-14(16)18)12(10-17(19)20)11-6-3-4-7-13(11)21-15/h2-4,6-7,12H,5,8-10H2,1H3/b15-2+/t12-,16+/m1/s1. The molecule has 3 rings (SSSR count). The van der Waals surface area contributed by atoms with Crippen molar-refractivity contribution in [1.29, 1.82) is 0 Å². The van der Waals surface area contributed by atoms with Gasteiger partial charge in [-0.2, -0.15) is 0 Å². The van der Waals surface area contributed by atoms with E-state index in [1.807, 2.05) is 25.1 Å². The summed E-state index contributed by atoms with van der Waals surface area (Å²) in [5.41, 5.74) is -0.0778. The Morgan fingerprint density at radius 3 is 2.86 bits per heavy atom. The average molecular weight is 287 g/mol. The maximum Gasteiger partial charge on any atom is 0.212 e. The number of nitro groups is 1. The molecule has 0 N–H and O–H groups in total. The van der Waals surface area contributed by atoms with Crippen LogP contribution in [0.2, 0.25) is 0 Å².